The number of non-ortho nitro benzene ring substituents is 1. The van der Waals surface area contributed by atoms with E-state index in [-0.39, 0.29) is 11.4 Å². The number of para-hydroxylation sites is 1. The summed E-state index contributed by atoms with van der Waals surface area (Å²) in [6.07, 6.45) is 0. The van der Waals surface area contributed by atoms with E-state index in [1.54, 1.807) is 6.92 Å². The predicted molar refractivity (Wildman–Crippen MR) is 80.3 cm³/mol. The number of rotatable bonds is 3. The van der Waals surface area contributed by atoms with Gasteiger partial charge in [0.1, 0.15) is 5.69 Å². The summed E-state index contributed by atoms with van der Waals surface area (Å²) in [6, 6.07) is 14.9. The minimum absolute atomic E-state index is 0.0385. The monoisotopic (exact) mass is 297 g/mol. The van der Waals surface area contributed by atoms with Crippen molar-refractivity contribution in [2.75, 3.05) is 0 Å². The van der Waals surface area contributed by atoms with Gasteiger partial charge in [0.2, 0.25) is 0 Å². The minimum atomic E-state index is -0.492. The van der Waals surface area contributed by atoms with Gasteiger partial charge in [-0.05, 0) is 31.2 Å². The molecule has 0 aliphatic rings. The number of hydrogen-bond donors (Lipinski definition) is 0. The van der Waals surface area contributed by atoms with Crippen LogP contribution in [0.1, 0.15) is 5.69 Å². The van der Waals surface area contributed by atoms with Gasteiger partial charge in [-0.15, -0.1) is 0 Å². The number of benzene rings is 2. The fraction of sp³-hybridized carbons (Fsp3) is 0.0625. The molecule has 0 radical (unpaired) electrons. The fourth-order valence-corrected chi connectivity index (χ4v) is 2.23. The summed E-state index contributed by atoms with van der Waals surface area (Å²) in [5.41, 5.74) is 1.78. The zero-order valence-electron chi connectivity index (χ0n) is 11.7. The van der Waals surface area contributed by atoms with E-state index in [2.05, 4.69) is 5.10 Å². The fourth-order valence-electron chi connectivity index (χ4n) is 2.23. The Kier molecular flexibility index (Phi) is 3.42. The zero-order chi connectivity index (χ0) is 15.7. The molecule has 1 aromatic heterocycles. The lowest BCUT2D eigenvalue weighted by molar-refractivity contribution is -0.384. The van der Waals surface area contributed by atoms with Gasteiger partial charge < -0.3 is 0 Å². The lowest BCUT2D eigenvalue weighted by Gasteiger charge is -2.02. The molecule has 0 fully saturated rings. The number of nitro groups is 1. The van der Waals surface area contributed by atoms with E-state index >= 15 is 0 Å². The topological polar surface area (TPSA) is 61.0 Å². The first-order valence-corrected chi connectivity index (χ1v) is 6.63. The van der Waals surface area contributed by atoms with Crippen LogP contribution in [0.15, 0.2) is 54.6 Å². The Balaban J connectivity index is 2.07. The first-order chi connectivity index (χ1) is 10.6. The van der Waals surface area contributed by atoms with Crippen LogP contribution < -0.4 is 0 Å². The summed E-state index contributed by atoms with van der Waals surface area (Å²) in [5, 5.41) is 15.0. The van der Waals surface area contributed by atoms with Crippen LogP contribution in [0.25, 0.3) is 16.9 Å². The quantitative estimate of drug-likeness (QED) is 0.544. The first-order valence-electron chi connectivity index (χ1n) is 6.63. The summed E-state index contributed by atoms with van der Waals surface area (Å²) in [5.74, 6) is -0.433. The van der Waals surface area contributed by atoms with Crippen molar-refractivity contribution in [3.63, 3.8) is 0 Å². The molecule has 3 rings (SSSR count). The SMILES string of the molecule is Cc1c(F)c(-c2ccc([N+](=O)[O-])cc2)nn1-c1ccccc1. The van der Waals surface area contributed by atoms with Gasteiger partial charge in [0, 0.05) is 17.7 Å². The molecular weight excluding hydrogens is 285 g/mol. The van der Waals surface area contributed by atoms with Crippen molar-refractivity contribution in [2.45, 2.75) is 6.92 Å². The molecule has 0 aliphatic carbocycles. The van der Waals surface area contributed by atoms with Crippen LogP contribution in [0.3, 0.4) is 0 Å². The first kappa shape index (κ1) is 13.9. The molecule has 3 aromatic rings. The third-order valence-corrected chi connectivity index (χ3v) is 3.40. The summed E-state index contributed by atoms with van der Waals surface area (Å²) >= 11 is 0. The highest BCUT2D eigenvalue weighted by molar-refractivity contribution is 5.62. The average molecular weight is 297 g/mol. The molecule has 2 aromatic carbocycles. The van der Waals surface area contributed by atoms with E-state index in [4.69, 9.17) is 0 Å². The van der Waals surface area contributed by atoms with Crippen LogP contribution in [0.5, 0.6) is 0 Å². The molecule has 0 atom stereocenters. The van der Waals surface area contributed by atoms with Gasteiger partial charge in [-0.1, -0.05) is 18.2 Å². The lowest BCUT2D eigenvalue weighted by atomic mass is 10.1. The van der Waals surface area contributed by atoms with E-state index in [1.165, 1.54) is 28.9 Å². The normalized spacial score (nSPS) is 10.6. The van der Waals surface area contributed by atoms with Gasteiger partial charge in [-0.25, -0.2) is 9.07 Å². The number of nitro benzene ring substituents is 1. The number of halogens is 1. The summed E-state index contributed by atoms with van der Waals surface area (Å²) in [6.45, 7) is 1.64. The number of hydrogen-bond acceptors (Lipinski definition) is 3. The highest BCUT2D eigenvalue weighted by Crippen LogP contribution is 2.27. The lowest BCUT2D eigenvalue weighted by Crippen LogP contribution is -1.98. The second kappa shape index (κ2) is 5.40. The van der Waals surface area contributed by atoms with E-state index in [0.717, 1.165) is 5.69 Å². The molecule has 22 heavy (non-hydrogen) atoms. The van der Waals surface area contributed by atoms with Gasteiger partial charge in [0.25, 0.3) is 5.69 Å². The maximum Gasteiger partial charge on any atom is 0.269 e. The van der Waals surface area contributed by atoms with Gasteiger partial charge in [0.15, 0.2) is 5.82 Å². The van der Waals surface area contributed by atoms with Gasteiger partial charge >= 0.3 is 0 Å². The van der Waals surface area contributed by atoms with Gasteiger partial charge in [-0.3, -0.25) is 10.1 Å². The average Bonchev–Trinajstić information content (AvgIpc) is 2.84. The minimum Gasteiger partial charge on any atom is -0.258 e. The summed E-state index contributed by atoms with van der Waals surface area (Å²) in [4.78, 5) is 10.2. The third kappa shape index (κ3) is 2.35. The Bertz CT molecular complexity index is 827. The maximum atomic E-state index is 14.4. The van der Waals surface area contributed by atoms with Crippen LogP contribution in [0.4, 0.5) is 10.1 Å². The Morgan fingerprint density at radius 2 is 1.73 bits per heavy atom. The molecule has 0 saturated carbocycles. The Labute approximate surface area is 125 Å². The van der Waals surface area contributed by atoms with Crippen LogP contribution in [-0.4, -0.2) is 14.7 Å². The molecule has 0 bridgehead atoms. The van der Waals surface area contributed by atoms with Crippen molar-refractivity contribution < 1.29 is 9.31 Å². The van der Waals surface area contributed by atoms with Crippen molar-refractivity contribution in [1.82, 2.24) is 9.78 Å². The predicted octanol–water partition coefficient (Wildman–Crippen LogP) is 3.90. The molecular formula is C16H12FN3O2. The standard InChI is InChI=1S/C16H12FN3O2/c1-11-15(17)16(12-7-9-14(10-8-12)20(21)22)18-19(11)13-5-3-2-4-6-13/h2-10H,1H3. The molecule has 0 N–H and O–H groups in total. The molecule has 5 nitrogen and oxygen atoms in total. The van der Waals surface area contributed by atoms with Crippen molar-refractivity contribution in [3.8, 4) is 16.9 Å². The summed E-state index contributed by atoms with van der Waals surface area (Å²) in [7, 11) is 0. The van der Waals surface area contributed by atoms with Crippen LogP contribution in [-0.2, 0) is 0 Å². The molecule has 0 amide bonds. The van der Waals surface area contributed by atoms with Crippen LogP contribution in [0.2, 0.25) is 0 Å². The van der Waals surface area contributed by atoms with E-state index in [1.807, 2.05) is 30.3 Å². The maximum absolute atomic E-state index is 14.4. The van der Waals surface area contributed by atoms with Crippen molar-refractivity contribution in [2.24, 2.45) is 0 Å². The zero-order valence-corrected chi connectivity index (χ0v) is 11.7. The molecule has 0 aliphatic heterocycles. The van der Waals surface area contributed by atoms with E-state index in [9.17, 15) is 14.5 Å². The van der Waals surface area contributed by atoms with Gasteiger partial charge in [-0.2, -0.15) is 5.10 Å². The second-order valence-corrected chi connectivity index (χ2v) is 4.80. The highest BCUT2D eigenvalue weighted by Gasteiger charge is 2.17. The summed E-state index contributed by atoms with van der Waals surface area (Å²) < 4.78 is 16.0. The third-order valence-electron chi connectivity index (χ3n) is 3.40. The van der Waals surface area contributed by atoms with E-state index in [0.29, 0.717) is 11.3 Å². The van der Waals surface area contributed by atoms with Crippen LogP contribution >= 0.6 is 0 Å². The molecule has 0 unspecified atom stereocenters. The smallest absolute Gasteiger partial charge is 0.258 e. The van der Waals surface area contributed by atoms with Crippen molar-refractivity contribution in [3.05, 3.63) is 76.2 Å². The number of aromatic nitrogens is 2. The molecule has 110 valence electrons. The Hall–Kier alpha value is -3.02. The second-order valence-electron chi connectivity index (χ2n) is 4.80. The largest absolute Gasteiger partial charge is 0.269 e. The van der Waals surface area contributed by atoms with Crippen LogP contribution in [0, 0.1) is 22.9 Å². The Morgan fingerprint density at radius 3 is 2.32 bits per heavy atom. The number of nitrogens with zero attached hydrogens (tertiary/aromatic N) is 3. The van der Waals surface area contributed by atoms with E-state index < -0.39 is 10.7 Å². The molecule has 6 heteroatoms. The molecule has 0 spiro atoms. The Morgan fingerprint density at radius 1 is 1.09 bits per heavy atom. The molecule has 0 saturated heterocycles. The molecule has 1 heterocycles. The highest BCUT2D eigenvalue weighted by atomic mass is 19.1. The van der Waals surface area contributed by atoms with Gasteiger partial charge in [0.05, 0.1) is 16.3 Å². The van der Waals surface area contributed by atoms with Crippen molar-refractivity contribution in [1.29, 1.82) is 0 Å². The van der Waals surface area contributed by atoms with Crippen molar-refractivity contribution >= 4 is 5.69 Å².